The van der Waals surface area contributed by atoms with Gasteiger partial charge in [0.25, 0.3) is 0 Å². The fourth-order valence-corrected chi connectivity index (χ4v) is 2.73. The van der Waals surface area contributed by atoms with Crippen molar-refractivity contribution in [3.63, 3.8) is 0 Å². The van der Waals surface area contributed by atoms with Crippen LogP contribution in [0.3, 0.4) is 0 Å². The summed E-state index contributed by atoms with van der Waals surface area (Å²) in [6.45, 7) is 0.457. The van der Waals surface area contributed by atoms with E-state index in [1.165, 1.54) is 12.4 Å². The molecule has 0 fully saturated rings. The second-order valence-electron chi connectivity index (χ2n) is 5.51. The van der Waals surface area contributed by atoms with Gasteiger partial charge in [-0.2, -0.15) is 13.2 Å². The van der Waals surface area contributed by atoms with Crippen LogP contribution in [0.15, 0.2) is 48.8 Å². The first-order chi connectivity index (χ1) is 12.4. The van der Waals surface area contributed by atoms with Crippen molar-refractivity contribution in [2.45, 2.75) is 12.8 Å². The van der Waals surface area contributed by atoms with E-state index in [1.54, 1.807) is 19.2 Å². The average Bonchev–Trinajstić information content (AvgIpc) is 2.61. The molecule has 0 radical (unpaired) electrons. The van der Waals surface area contributed by atoms with Gasteiger partial charge in [0.15, 0.2) is 0 Å². The molecular formula is C18H13ClF3N3O. The Labute approximate surface area is 152 Å². The molecule has 0 aliphatic carbocycles. The fourth-order valence-electron chi connectivity index (χ4n) is 2.50. The zero-order valence-electron chi connectivity index (χ0n) is 13.6. The number of benzene rings is 2. The van der Waals surface area contributed by atoms with Gasteiger partial charge in [0.2, 0.25) is 0 Å². The molecule has 1 heterocycles. The van der Waals surface area contributed by atoms with Crippen molar-refractivity contribution < 1.29 is 17.9 Å². The van der Waals surface area contributed by atoms with Gasteiger partial charge >= 0.3 is 6.18 Å². The molecule has 0 bridgehead atoms. The molecule has 0 saturated heterocycles. The van der Waals surface area contributed by atoms with Crippen LogP contribution in [0.1, 0.15) is 11.1 Å². The second kappa shape index (κ2) is 7.39. The highest BCUT2D eigenvalue weighted by Gasteiger charge is 2.31. The van der Waals surface area contributed by atoms with E-state index in [1.807, 2.05) is 12.1 Å². The molecule has 3 aromatic rings. The summed E-state index contributed by atoms with van der Waals surface area (Å²) in [6.07, 6.45) is -3.27. The van der Waals surface area contributed by atoms with Crippen molar-refractivity contribution in [1.29, 1.82) is 0 Å². The Morgan fingerprint density at radius 2 is 1.73 bits per heavy atom. The summed E-state index contributed by atoms with van der Waals surface area (Å²) in [5, 5.41) is 7.66. The summed E-state index contributed by atoms with van der Waals surface area (Å²) in [5.74, 6) is 0. The van der Waals surface area contributed by atoms with Crippen LogP contribution in [0.2, 0.25) is 5.02 Å². The topological polar surface area (TPSA) is 47.9 Å². The predicted octanol–water partition coefficient (Wildman–Crippen LogP) is 5.02. The lowest BCUT2D eigenvalue weighted by Crippen LogP contribution is -2.05. The van der Waals surface area contributed by atoms with Gasteiger partial charge in [-0.1, -0.05) is 35.9 Å². The smallest absolute Gasteiger partial charge is 0.380 e. The van der Waals surface area contributed by atoms with Gasteiger partial charge < -0.3 is 4.74 Å². The molecule has 8 heteroatoms. The molecule has 134 valence electrons. The van der Waals surface area contributed by atoms with Crippen LogP contribution >= 0.6 is 11.6 Å². The highest BCUT2D eigenvalue weighted by atomic mass is 35.5. The first-order valence-corrected chi connectivity index (χ1v) is 7.90. The van der Waals surface area contributed by atoms with Crippen LogP contribution in [-0.2, 0) is 17.5 Å². The van der Waals surface area contributed by atoms with Crippen molar-refractivity contribution in [2.75, 3.05) is 7.11 Å². The summed E-state index contributed by atoms with van der Waals surface area (Å²) >= 11 is 5.88. The van der Waals surface area contributed by atoms with Gasteiger partial charge in [-0.15, -0.1) is 10.2 Å². The minimum atomic E-state index is -4.52. The molecule has 3 rings (SSSR count). The first kappa shape index (κ1) is 18.3. The number of methoxy groups -OCH3 is 1. The standard InChI is InChI=1S/C18H13ClF3N3O/c1-26-9-11-2-4-12(5-3-11)16-17(25-24-10-23-16)13-6-14(18(20,21)22)8-15(19)7-13/h2-8,10H,9H2,1H3. The predicted molar refractivity (Wildman–Crippen MR) is 91.4 cm³/mol. The zero-order valence-corrected chi connectivity index (χ0v) is 14.3. The van der Waals surface area contributed by atoms with Gasteiger partial charge in [-0.3, -0.25) is 0 Å². The molecule has 26 heavy (non-hydrogen) atoms. The van der Waals surface area contributed by atoms with Crippen LogP contribution in [-0.4, -0.2) is 22.3 Å². The Morgan fingerprint density at radius 3 is 2.38 bits per heavy atom. The summed E-state index contributed by atoms with van der Waals surface area (Å²) in [6, 6.07) is 10.6. The largest absolute Gasteiger partial charge is 0.416 e. The highest BCUT2D eigenvalue weighted by Crippen LogP contribution is 2.36. The van der Waals surface area contributed by atoms with E-state index in [2.05, 4.69) is 15.2 Å². The first-order valence-electron chi connectivity index (χ1n) is 7.52. The number of nitrogens with zero attached hydrogens (tertiary/aromatic N) is 3. The quantitative estimate of drug-likeness (QED) is 0.638. The Bertz CT molecular complexity index is 914. The van der Waals surface area contributed by atoms with Gasteiger partial charge in [-0.05, 0) is 23.8 Å². The molecule has 0 N–H and O–H groups in total. The normalized spacial score (nSPS) is 11.6. The lowest BCUT2D eigenvalue weighted by Gasteiger charge is -2.11. The molecule has 0 aliphatic rings. The second-order valence-corrected chi connectivity index (χ2v) is 5.95. The monoisotopic (exact) mass is 379 g/mol. The molecule has 2 aromatic carbocycles. The molecule has 0 amide bonds. The maximum atomic E-state index is 13.1. The third-order valence-electron chi connectivity index (χ3n) is 3.66. The Kier molecular flexibility index (Phi) is 5.20. The maximum Gasteiger partial charge on any atom is 0.416 e. The SMILES string of the molecule is COCc1ccc(-c2ncnnc2-c2cc(Cl)cc(C(F)(F)F)c2)cc1. The zero-order chi connectivity index (χ0) is 18.7. The highest BCUT2D eigenvalue weighted by molar-refractivity contribution is 6.31. The van der Waals surface area contributed by atoms with E-state index >= 15 is 0 Å². The van der Waals surface area contributed by atoms with Gasteiger partial charge in [0, 0.05) is 23.3 Å². The van der Waals surface area contributed by atoms with Crippen LogP contribution in [0, 0.1) is 0 Å². The average molecular weight is 380 g/mol. The van der Waals surface area contributed by atoms with E-state index in [0.717, 1.165) is 17.7 Å². The Balaban J connectivity index is 2.09. The summed E-state index contributed by atoms with van der Waals surface area (Å²) < 4.78 is 44.3. The van der Waals surface area contributed by atoms with Crippen molar-refractivity contribution >= 4 is 11.6 Å². The lowest BCUT2D eigenvalue weighted by atomic mass is 10.0. The summed E-state index contributed by atoms with van der Waals surface area (Å²) in [4.78, 5) is 4.19. The van der Waals surface area contributed by atoms with Crippen LogP contribution in [0.25, 0.3) is 22.5 Å². The number of alkyl halides is 3. The van der Waals surface area contributed by atoms with Crippen molar-refractivity contribution in [2.24, 2.45) is 0 Å². The Hall–Kier alpha value is -2.51. The van der Waals surface area contributed by atoms with E-state index in [-0.39, 0.29) is 16.3 Å². The fraction of sp³-hybridized carbons (Fsp3) is 0.167. The molecule has 0 aliphatic heterocycles. The van der Waals surface area contributed by atoms with E-state index < -0.39 is 11.7 Å². The third-order valence-corrected chi connectivity index (χ3v) is 3.88. The number of rotatable bonds is 4. The summed E-state index contributed by atoms with van der Waals surface area (Å²) in [7, 11) is 1.59. The molecule has 0 saturated carbocycles. The van der Waals surface area contributed by atoms with E-state index in [0.29, 0.717) is 17.9 Å². The van der Waals surface area contributed by atoms with Crippen LogP contribution in [0.4, 0.5) is 13.2 Å². The van der Waals surface area contributed by atoms with Crippen LogP contribution < -0.4 is 0 Å². The minimum Gasteiger partial charge on any atom is -0.380 e. The molecule has 0 atom stereocenters. The number of halogens is 4. The number of hydrogen-bond donors (Lipinski definition) is 0. The minimum absolute atomic E-state index is 0.0399. The molecular weight excluding hydrogens is 367 g/mol. The molecule has 1 aromatic heterocycles. The lowest BCUT2D eigenvalue weighted by molar-refractivity contribution is -0.137. The maximum absolute atomic E-state index is 13.1. The van der Waals surface area contributed by atoms with E-state index in [9.17, 15) is 13.2 Å². The van der Waals surface area contributed by atoms with Crippen molar-refractivity contribution in [3.05, 3.63) is 64.9 Å². The molecule has 4 nitrogen and oxygen atoms in total. The van der Waals surface area contributed by atoms with E-state index in [4.69, 9.17) is 16.3 Å². The van der Waals surface area contributed by atoms with Crippen molar-refractivity contribution in [1.82, 2.24) is 15.2 Å². The molecule has 0 unspecified atom stereocenters. The Morgan fingerprint density at radius 1 is 1.00 bits per heavy atom. The summed E-state index contributed by atoms with van der Waals surface area (Å²) in [5.41, 5.74) is 1.64. The number of hydrogen-bond acceptors (Lipinski definition) is 4. The van der Waals surface area contributed by atoms with Crippen molar-refractivity contribution in [3.8, 4) is 22.5 Å². The number of ether oxygens (including phenoxy) is 1. The van der Waals surface area contributed by atoms with Gasteiger partial charge in [0.1, 0.15) is 17.7 Å². The van der Waals surface area contributed by atoms with Crippen LogP contribution in [0.5, 0.6) is 0 Å². The third kappa shape index (κ3) is 4.00. The van der Waals surface area contributed by atoms with Gasteiger partial charge in [-0.25, -0.2) is 4.98 Å². The molecule has 0 spiro atoms. The van der Waals surface area contributed by atoms with Gasteiger partial charge in [0.05, 0.1) is 12.2 Å². The number of aromatic nitrogens is 3.